The molecule has 0 heterocycles. The first-order chi connectivity index (χ1) is 11.1. The van der Waals surface area contributed by atoms with Crippen molar-refractivity contribution in [1.82, 2.24) is 0 Å². The van der Waals surface area contributed by atoms with Crippen LogP contribution < -0.4 is 0 Å². The highest BCUT2D eigenvalue weighted by molar-refractivity contribution is 7.60. The minimum Gasteiger partial charge on any atom is -0.374 e. The lowest BCUT2D eigenvalue weighted by atomic mass is 10.2. The monoisotopic (exact) mass is 371 g/mol. The number of carbonyl (C=O) groups excluding carboxylic acids is 1. The number of halogens is 2. The molecule has 7 heteroatoms. The minimum atomic E-state index is -2.56. The molecule has 23 heavy (non-hydrogen) atoms. The molecule has 0 saturated heterocycles. The van der Waals surface area contributed by atoms with Gasteiger partial charge in [0.1, 0.15) is 12.2 Å². The molecule has 0 aliphatic rings. The smallest absolute Gasteiger partial charge is 0.374 e. The van der Waals surface area contributed by atoms with Crippen molar-refractivity contribution < 1.29 is 18.6 Å². The molecule has 0 bridgehead atoms. The molecule has 1 unspecified atom stereocenters. The maximum Gasteiger partial charge on any atom is 0.593 e. The van der Waals surface area contributed by atoms with Crippen LogP contribution >= 0.6 is 31.2 Å². The van der Waals surface area contributed by atoms with Crippen molar-refractivity contribution in [3.8, 4) is 0 Å². The van der Waals surface area contributed by atoms with Crippen molar-refractivity contribution in [3.63, 3.8) is 0 Å². The Morgan fingerprint density at radius 3 is 2.26 bits per heavy atom. The number of hydrogen-bond donors (Lipinski definition) is 0. The molecule has 0 fully saturated rings. The van der Waals surface area contributed by atoms with E-state index in [1.807, 2.05) is 30.3 Å². The van der Waals surface area contributed by atoms with E-state index in [0.717, 1.165) is 5.56 Å². The van der Waals surface area contributed by atoms with Crippen molar-refractivity contribution in [2.24, 2.45) is 0 Å². The summed E-state index contributed by atoms with van der Waals surface area (Å²) >= 11 is 11.8. The second-order valence-corrected chi connectivity index (χ2v) is 6.52. The molecule has 2 rings (SSSR count). The Morgan fingerprint density at radius 1 is 0.957 bits per heavy atom. The first-order valence-corrected chi connectivity index (χ1v) is 8.73. The molecule has 0 aliphatic carbocycles. The molecule has 2 aromatic carbocycles. The fraction of sp³-hybridized carbons (Fsp3) is 0.188. The molecule has 0 radical (unpaired) electrons. The quantitative estimate of drug-likeness (QED) is 0.477. The summed E-state index contributed by atoms with van der Waals surface area (Å²) in [6, 6.07) is 14.2. The van der Waals surface area contributed by atoms with Crippen LogP contribution in [0, 0.1) is 0 Å². The zero-order valence-corrected chi connectivity index (χ0v) is 14.5. The topological polar surface area (TPSA) is 52.6 Å². The van der Waals surface area contributed by atoms with E-state index in [2.05, 4.69) is 0 Å². The molecular formula is C16H14Cl2O4P+. The average molecular weight is 372 g/mol. The van der Waals surface area contributed by atoms with Gasteiger partial charge in [-0.2, -0.15) is 0 Å². The van der Waals surface area contributed by atoms with Gasteiger partial charge in [0.15, 0.2) is 0 Å². The fourth-order valence-corrected chi connectivity index (χ4v) is 3.28. The van der Waals surface area contributed by atoms with Crippen molar-refractivity contribution in [3.05, 3.63) is 69.7 Å². The third-order valence-corrected chi connectivity index (χ3v) is 4.49. The molecule has 1 atom stereocenters. The van der Waals surface area contributed by atoms with Crippen LogP contribution in [-0.4, -0.2) is 18.7 Å². The predicted octanol–water partition coefficient (Wildman–Crippen LogP) is 5.11. The van der Waals surface area contributed by atoms with Crippen LogP contribution in [0.1, 0.15) is 15.9 Å². The average Bonchev–Trinajstić information content (AvgIpc) is 2.55. The Bertz CT molecular complexity index is 671. The highest BCUT2D eigenvalue weighted by atomic mass is 35.5. The van der Waals surface area contributed by atoms with E-state index >= 15 is 0 Å². The van der Waals surface area contributed by atoms with Crippen LogP contribution in [-0.2, 0) is 20.4 Å². The zero-order chi connectivity index (χ0) is 16.7. The number of rotatable bonds is 8. The molecule has 0 amide bonds. The van der Waals surface area contributed by atoms with Gasteiger partial charge in [0.05, 0.1) is 23.3 Å². The van der Waals surface area contributed by atoms with Crippen LogP contribution in [0.15, 0.2) is 48.5 Å². The van der Waals surface area contributed by atoms with E-state index in [1.54, 1.807) is 6.07 Å². The second-order valence-electron chi connectivity index (χ2n) is 4.53. The van der Waals surface area contributed by atoms with Crippen molar-refractivity contribution in [2.75, 3.05) is 13.2 Å². The number of carbonyl (C=O) groups is 1. The first-order valence-electron chi connectivity index (χ1n) is 6.80. The highest BCUT2D eigenvalue weighted by Crippen LogP contribution is 2.35. The van der Waals surface area contributed by atoms with Crippen LogP contribution in [0.5, 0.6) is 0 Å². The Hall–Kier alpha value is -1.29. The molecule has 120 valence electrons. The Kier molecular flexibility index (Phi) is 7.15. The summed E-state index contributed by atoms with van der Waals surface area (Å²) in [6.07, 6.45) is 0. The van der Waals surface area contributed by atoms with E-state index in [1.165, 1.54) is 12.1 Å². The van der Waals surface area contributed by atoms with E-state index in [0.29, 0.717) is 6.61 Å². The minimum absolute atomic E-state index is 0.0159. The van der Waals surface area contributed by atoms with Crippen LogP contribution in [0.2, 0.25) is 10.0 Å². The largest absolute Gasteiger partial charge is 0.593 e. The van der Waals surface area contributed by atoms with Crippen LogP contribution in [0.3, 0.4) is 0 Å². The summed E-state index contributed by atoms with van der Waals surface area (Å²) in [7, 11) is -2.56. The highest BCUT2D eigenvalue weighted by Gasteiger charge is 2.36. The number of hydrogen-bond acceptors (Lipinski definition) is 4. The summed E-state index contributed by atoms with van der Waals surface area (Å²) in [4.78, 5) is 12.1. The maximum atomic E-state index is 12.1. The molecule has 0 aromatic heterocycles. The molecular weight excluding hydrogens is 358 g/mol. The lowest BCUT2D eigenvalue weighted by Gasteiger charge is -2.01. The van der Waals surface area contributed by atoms with Gasteiger partial charge in [0.2, 0.25) is 0 Å². The van der Waals surface area contributed by atoms with Gasteiger partial charge >= 0.3 is 13.6 Å². The summed E-state index contributed by atoms with van der Waals surface area (Å²) in [5.41, 5.74) is 0.316. The van der Waals surface area contributed by atoms with E-state index in [9.17, 15) is 9.36 Å². The van der Waals surface area contributed by atoms with Gasteiger partial charge in [0.25, 0.3) is 0 Å². The molecule has 0 aliphatic heterocycles. The third kappa shape index (κ3) is 5.38. The summed E-state index contributed by atoms with van der Waals surface area (Å²) < 4.78 is 22.3. The van der Waals surface area contributed by atoms with Crippen molar-refractivity contribution >= 4 is 36.8 Å². The summed E-state index contributed by atoms with van der Waals surface area (Å²) in [5, 5.41) is 0.296. The van der Waals surface area contributed by atoms with Crippen LogP contribution in [0.25, 0.3) is 0 Å². The van der Waals surface area contributed by atoms with Gasteiger partial charge in [-0.3, -0.25) is 0 Å². The Balaban J connectivity index is 1.77. The SMILES string of the molecule is O=C(c1c(Cl)cccc1Cl)[P+](=O)OCCOCc1ccccc1. The summed E-state index contributed by atoms with van der Waals surface area (Å²) in [6.45, 7) is 0.681. The van der Waals surface area contributed by atoms with Crippen molar-refractivity contribution in [2.45, 2.75) is 6.61 Å². The lowest BCUT2D eigenvalue weighted by molar-refractivity contribution is 0.0883. The number of ether oxygens (including phenoxy) is 1. The second kappa shape index (κ2) is 9.11. The molecule has 0 saturated carbocycles. The van der Waals surface area contributed by atoms with E-state index < -0.39 is 13.6 Å². The standard InChI is InChI=1S/C16H14Cl2O4P/c17-13-7-4-8-14(18)15(13)16(19)23(20)22-10-9-21-11-12-5-2-1-3-6-12/h1-8H,9-11H2/q+1. The van der Waals surface area contributed by atoms with Gasteiger partial charge in [0, 0.05) is 0 Å². The molecule has 0 spiro atoms. The fourth-order valence-electron chi connectivity index (χ4n) is 1.80. The van der Waals surface area contributed by atoms with Crippen molar-refractivity contribution in [1.29, 1.82) is 0 Å². The van der Waals surface area contributed by atoms with Gasteiger partial charge in [-0.05, 0) is 22.3 Å². The molecule has 4 nitrogen and oxygen atoms in total. The lowest BCUT2D eigenvalue weighted by Crippen LogP contribution is -2.04. The normalized spacial score (nSPS) is 11.3. The van der Waals surface area contributed by atoms with Gasteiger partial charge < -0.3 is 4.74 Å². The zero-order valence-electron chi connectivity index (χ0n) is 12.1. The first kappa shape index (κ1) is 18.1. The van der Waals surface area contributed by atoms with Gasteiger partial charge in [-0.1, -0.05) is 59.6 Å². The van der Waals surface area contributed by atoms with Gasteiger partial charge in [-0.15, -0.1) is 4.52 Å². The van der Waals surface area contributed by atoms with Crippen LogP contribution in [0.4, 0.5) is 0 Å². The predicted molar refractivity (Wildman–Crippen MR) is 90.4 cm³/mol. The Labute approximate surface area is 145 Å². The summed E-state index contributed by atoms with van der Waals surface area (Å²) in [5.74, 6) is 0. The Morgan fingerprint density at radius 2 is 1.61 bits per heavy atom. The molecule has 0 N–H and O–H groups in total. The van der Waals surface area contributed by atoms with E-state index in [-0.39, 0.29) is 28.8 Å². The number of benzene rings is 2. The third-order valence-electron chi connectivity index (χ3n) is 2.89. The molecule has 2 aromatic rings. The maximum absolute atomic E-state index is 12.1. The van der Waals surface area contributed by atoms with E-state index in [4.69, 9.17) is 32.5 Å². The van der Waals surface area contributed by atoms with Gasteiger partial charge in [-0.25, -0.2) is 4.79 Å².